The first kappa shape index (κ1) is 15.4. The lowest BCUT2D eigenvalue weighted by atomic mass is 10.3. The van der Waals surface area contributed by atoms with Gasteiger partial charge in [0.2, 0.25) is 11.6 Å². The molecule has 2 aromatic rings. The molecular formula is C13H13ClN6O3. The van der Waals surface area contributed by atoms with Crippen LogP contribution in [0.5, 0.6) is 0 Å². The second-order valence-corrected chi connectivity index (χ2v) is 5.17. The van der Waals surface area contributed by atoms with Crippen LogP contribution in [0.3, 0.4) is 0 Å². The fourth-order valence-electron chi connectivity index (χ4n) is 2.21. The van der Waals surface area contributed by atoms with Crippen LogP contribution in [0.25, 0.3) is 0 Å². The minimum absolute atomic E-state index is 0.0846. The molecular weight excluding hydrogens is 324 g/mol. The van der Waals surface area contributed by atoms with Crippen LogP contribution in [0.1, 0.15) is 0 Å². The van der Waals surface area contributed by atoms with E-state index < -0.39 is 4.92 Å². The molecule has 10 heteroatoms. The zero-order valence-electron chi connectivity index (χ0n) is 12.0. The summed E-state index contributed by atoms with van der Waals surface area (Å²) in [7, 11) is 0. The third-order valence-electron chi connectivity index (χ3n) is 3.27. The molecule has 0 aliphatic carbocycles. The molecule has 1 aliphatic rings. The number of nitro groups is 1. The van der Waals surface area contributed by atoms with Gasteiger partial charge in [-0.1, -0.05) is 11.6 Å². The van der Waals surface area contributed by atoms with Crippen molar-refractivity contribution in [3.8, 4) is 0 Å². The molecule has 0 saturated carbocycles. The molecule has 0 atom stereocenters. The molecule has 0 amide bonds. The monoisotopic (exact) mass is 336 g/mol. The van der Waals surface area contributed by atoms with Gasteiger partial charge >= 0.3 is 5.69 Å². The van der Waals surface area contributed by atoms with Crippen molar-refractivity contribution < 1.29 is 9.66 Å². The fourth-order valence-corrected chi connectivity index (χ4v) is 2.32. The second-order valence-electron chi connectivity index (χ2n) is 4.74. The highest BCUT2D eigenvalue weighted by Gasteiger charge is 2.28. The Morgan fingerprint density at radius 1 is 1.26 bits per heavy atom. The number of aromatic nitrogens is 3. The van der Waals surface area contributed by atoms with E-state index in [2.05, 4.69) is 20.3 Å². The molecule has 1 N–H and O–H groups in total. The van der Waals surface area contributed by atoms with Crippen molar-refractivity contribution in [2.75, 3.05) is 36.5 Å². The number of hydrogen-bond acceptors (Lipinski definition) is 8. The van der Waals surface area contributed by atoms with Gasteiger partial charge in [-0.05, 0) is 12.1 Å². The number of anilines is 3. The van der Waals surface area contributed by atoms with E-state index in [9.17, 15) is 10.1 Å². The zero-order valence-corrected chi connectivity index (χ0v) is 12.7. The minimum Gasteiger partial charge on any atom is -0.378 e. The van der Waals surface area contributed by atoms with Crippen molar-refractivity contribution in [2.45, 2.75) is 0 Å². The molecule has 9 nitrogen and oxygen atoms in total. The quantitative estimate of drug-likeness (QED) is 0.667. The van der Waals surface area contributed by atoms with Crippen LogP contribution in [0.2, 0.25) is 5.02 Å². The van der Waals surface area contributed by atoms with E-state index in [1.165, 1.54) is 12.5 Å². The van der Waals surface area contributed by atoms with Crippen LogP contribution in [-0.4, -0.2) is 46.2 Å². The van der Waals surface area contributed by atoms with Crippen LogP contribution in [-0.2, 0) is 4.74 Å². The first-order valence-electron chi connectivity index (χ1n) is 6.86. The van der Waals surface area contributed by atoms with E-state index in [4.69, 9.17) is 16.3 Å². The van der Waals surface area contributed by atoms with E-state index in [-0.39, 0.29) is 17.3 Å². The maximum atomic E-state index is 11.5. The maximum Gasteiger partial charge on any atom is 0.353 e. The Kier molecular flexibility index (Phi) is 4.49. The first-order chi connectivity index (χ1) is 11.1. The highest BCUT2D eigenvalue weighted by Crippen LogP contribution is 2.33. The van der Waals surface area contributed by atoms with Gasteiger partial charge in [0.1, 0.15) is 12.1 Å². The Hall–Kier alpha value is -2.52. The highest BCUT2D eigenvalue weighted by molar-refractivity contribution is 6.30. The molecule has 0 radical (unpaired) electrons. The van der Waals surface area contributed by atoms with Crippen LogP contribution in [0.4, 0.5) is 23.1 Å². The summed E-state index contributed by atoms with van der Waals surface area (Å²) in [5, 5.41) is 14.8. The summed E-state index contributed by atoms with van der Waals surface area (Å²) in [6.07, 6.45) is 2.73. The average molecular weight is 337 g/mol. The predicted molar refractivity (Wildman–Crippen MR) is 84.2 cm³/mol. The number of nitrogens with zero attached hydrogens (tertiary/aromatic N) is 5. The zero-order chi connectivity index (χ0) is 16.2. The minimum atomic E-state index is -0.497. The predicted octanol–water partition coefficient (Wildman–Crippen LogP) is 2.01. The number of morpholine rings is 1. The Labute approximate surface area is 136 Å². The molecule has 120 valence electrons. The molecule has 3 heterocycles. The van der Waals surface area contributed by atoms with Crippen molar-refractivity contribution in [3.05, 3.63) is 39.8 Å². The van der Waals surface area contributed by atoms with Crippen molar-refractivity contribution in [1.82, 2.24) is 15.0 Å². The largest absolute Gasteiger partial charge is 0.378 e. The molecule has 0 aromatic carbocycles. The fraction of sp³-hybridized carbons (Fsp3) is 0.308. The van der Waals surface area contributed by atoms with E-state index in [1.54, 1.807) is 12.1 Å². The second kappa shape index (κ2) is 6.71. The third-order valence-corrected chi connectivity index (χ3v) is 3.49. The lowest BCUT2D eigenvalue weighted by Crippen LogP contribution is -2.37. The highest BCUT2D eigenvalue weighted by atomic mass is 35.5. The number of nitrogens with one attached hydrogen (secondary N) is 1. The van der Waals surface area contributed by atoms with Crippen molar-refractivity contribution in [3.63, 3.8) is 0 Å². The van der Waals surface area contributed by atoms with Gasteiger partial charge in [-0.2, -0.15) is 0 Å². The number of pyridine rings is 1. The maximum absolute atomic E-state index is 11.5. The Morgan fingerprint density at radius 2 is 2.04 bits per heavy atom. The molecule has 1 fully saturated rings. The molecule has 0 bridgehead atoms. The topological polar surface area (TPSA) is 106 Å². The Balaban J connectivity index is 1.95. The molecule has 0 unspecified atom stereocenters. The summed E-state index contributed by atoms with van der Waals surface area (Å²) in [6.45, 7) is 2.08. The molecule has 2 aromatic heterocycles. The van der Waals surface area contributed by atoms with Gasteiger partial charge in [0, 0.05) is 19.3 Å². The third kappa shape index (κ3) is 3.46. The number of ether oxygens (including phenoxy) is 1. The van der Waals surface area contributed by atoms with Crippen LogP contribution in [0, 0.1) is 10.1 Å². The SMILES string of the molecule is O=[N+]([O-])c1c(Nc2ccc(Cl)cn2)ncnc1N1CCOCC1. The normalized spacial score (nSPS) is 14.6. The van der Waals surface area contributed by atoms with Crippen LogP contribution < -0.4 is 10.2 Å². The lowest BCUT2D eigenvalue weighted by molar-refractivity contribution is -0.383. The summed E-state index contributed by atoms with van der Waals surface area (Å²) < 4.78 is 5.27. The summed E-state index contributed by atoms with van der Waals surface area (Å²) in [5.41, 5.74) is -0.189. The van der Waals surface area contributed by atoms with Gasteiger partial charge in [0.15, 0.2) is 0 Å². The van der Waals surface area contributed by atoms with Crippen LogP contribution in [0.15, 0.2) is 24.7 Å². The molecule has 23 heavy (non-hydrogen) atoms. The van der Waals surface area contributed by atoms with E-state index >= 15 is 0 Å². The van der Waals surface area contributed by atoms with E-state index in [0.29, 0.717) is 37.1 Å². The van der Waals surface area contributed by atoms with Gasteiger partial charge in [-0.3, -0.25) is 10.1 Å². The van der Waals surface area contributed by atoms with Crippen molar-refractivity contribution >= 4 is 34.7 Å². The lowest BCUT2D eigenvalue weighted by Gasteiger charge is -2.27. The van der Waals surface area contributed by atoms with Gasteiger partial charge in [-0.25, -0.2) is 15.0 Å². The summed E-state index contributed by atoms with van der Waals surface area (Å²) in [6, 6.07) is 3.25. The van der Waals surface area contributed by atoms with Gasteiger partial charge < -0.3 is 15.0 Å². The summed E-state index contributed by atoms with van der Waals surface area (Å²) >= 11 is 5.78. The van der Waals surface area contributed by atoms with Crippen molar-refractivity contribution in [2.24, 2.45) is 0 Å². The summed E-state index contributed by atoms with van der Waals surface area (Å²) in [5.74, 6) is 0.759. The molecule has 3 rings (SSSR count). The van der Waals surface area contributed by atoms with Gasteiger partial charge in [0.05, 0.1) is 23.2 Å². The van der Waals surface area contributed by atoms with Gasteiger partial charge in [-0.15, -0.1) is 0 Å². The van der Waals surface area contributed by atoms with Crippen LogP contribution >= 0.6 is 11.6 Å². The Morgan fingerprint density at radius 3 is 2.70 bits per heavy atom. The number of rotatable bonds is 4. The summed E-state index contributed by atoms with van der Waals surface area (Å²) in [4.78, 5) is 24.9. The first-order valence-corrected chi connectivity index (χ1v) is 7.23. The van der Waals surface area contributed by atoms with E-state index in [1.807, 2.05) is 4.90 Å². The molecule has 0 spiro atoms. The number of halogens is 1. The average Bonchev–Trinajstić information content (AvgIpc) is 2.57. The standard InChI is InChI=1S/C13H13ClN6O3/c14-9-1-2-10(15-7-9)18-12-11(20(21)22)13(17-8-16-12)19-3-5-23-6-4-19/h1-2,7-8H,3-6H2,(H,15,16,17,18). The number of hydrogen-bond donors (Lipinski definition) is 1. The Bertz CT molecular complexity index is 705. The van der Waals surface area contributed by atoms with Crippen molar-refractivity contribution in [1.29, 1.82) is 0 Å². The smallest absolute Gasteiger partial charge is 0.353 e. The van der Waals surface area contributed by atoms with E-state index in [0.717, 1.165) is 0 Å². The van der Waals surface area contributed by atoms with Gasteiger partial charge in [0.25, 0.3) is 0 Å². The molecule has 1 saturated heterocycles. The molecule has 1 aliphatic heterocycles.